The first kappa shape index (κ1) is 21.3. The molecule has 0 spiro atoms. The van der Waals surface area contributed by atoms with Crippen LogP contribution < -0.4 is 0 Å². The van der Waals surface area contributed by atoms with Crippen molar-refractivity contribution in [1.29, 1.82) is 0 Å². The Labute approximate surface area is 183 Å². The molecule has 0 unspecified atom stereocenters. The molecule has 1 amide bonds. The molecule has 160 valence electrons. The van der Waals surface area contributed by atoms with Crippen molar-refractivity contribution in [3.63, 3.8) is 0 Å². The topological polar surface area (TPSA) is 63.7 Å². The van der Waals surface area contributed by atoms with E-state index in [4.69, 9.17) is 4.18 Å². The smallest absolute Gasteiger partial charge is 0.296 e. The average Bonchev–Trinajstić information content (AvgIpc) is 2.79. The molecule has 0 saturated heterocycles. The van der Waals surface area contributed by atoms with Gasteiger partial charge < -0.3 is 4.90 Å². The van der Waals surface area contributed by atoms with Crippen molar-refractivity contribution in [3.05, 3.63) is 101 Å². The van der Waals surface area contributed by atoms with Crippen LogP contribution in [-0.2, 0) is 14.3 Å². The summed E-state index contributed by atoms with van der Waals surface area (Å²) in [6.45, 7) is 4.28. The van der Waals surface area contributed by atoms with Crippen LogP contribution in [0.4, 0.5) is 0 Å². The molecule has 31 heavy (non-hydrogen) atoms. The molecule has 0 aromatic heterocycles. The Morgan fingerprint density at radius 2 is 1.55 bits per heavy atom. The van der Waals surface area contributed by atoms with E-state index in [9.17, 15) is 13.2 Å². The first-order chi connectivity index (χ1) is 14.9. The van der Waals surface area contributed by atoms with Gasteiger partial charge in [0, 0.05) is 18.0 Å². The normalized spacial score (nSPS) is 18.6. The first-order valence-electron chi connectivity index (χ1n) is 10.3. The second kappa shape index (κ2) is 8.65. The molecule has 0 bridgehead atoms. The maximum atomic E-state index is 13.2. The number of hydrogen-bond acceptors (Lipinski definition) is 4. The molecule has 0 N–H and O–H groups in total. The van der Waals surface area contributed by atoms with E-state index >= 15 is 0 Å². The van der Waals surface area contributed by atoms with Gasteiger partial charge in [-0.3, -0.25) is 8.98 Å². The Kier molecular flexibility index (Phi) is 5.94. The van der Waals surface area contributed by atoms with Crippen LogP contribution in [-0.4, -0.2) is 32.4 Å². The number of amides is 1. The van der Waals surface area contributed by atoms with E-state index in [2.05, 4.69) is 0 Å². The Morgan fingerprint density at radius 3 is 2.23 bits per heavy atom. The van der Waals surface area contributed by atoms with E-state index in [0.717, 1.165) is 16.7 Å². The highest BCUT2D eigenvalue weighted by atomic mass is 32.2. The lowest BCUT2D eigenvalue weighted by Crippen LogP contribution is -2.44. The molecular formula is C25H25NO4S. The minimum absolute atomic E-state index is 0.0513. The van der Waals surface area contributed by atoms with E-state index in [0.29, 0.717) is 12.1 Å². The van der Waals surface area contributed by atoms with Crippen LogP contribution in [0.25, 0.3) is 0 Å². The van der Waals surface area contributed by atoms with Gasteiger partial charge in [-0.1, -0.05) is 66.2 Å². The number of hydrogen-bond donors (Lipinski definition) is 0. The fraction of sp³-hybridized carbons (Fsp3) is 0.240. The lowest BCUT2D eigenvalue weighted by molar-refractivity contribution is 0.0591. The summed E-state index contributed by atoms with van der Waals surface area (Å²) in [6.07, 6.45) is 0. The number of benzene rings is 3. The van der Waals surface area contributed by atoms with Gasteiger partial charge in [0.1, 0.15) is 0 Å². The van der Waals surface area contributed by atoms with Gasteiger partial charge in [-0.05, 0) is 43.2 Å². The van der Waals surface area contributed by atoms with Gasteiger partial charge in [0.2, 0.25) is 0 Å². The van der Waals surface area contributed by atoms with Crippen molar-refractivity contribution in [3.8, 4) is 0 Å². The maximum Gasteiger partial charge on any atom is 0.296 e. The molecule has 1 aliphatic rings. The molecular weight excluding hydrogens is 410 g/mol. The van der Waals surface area contributed by atoms with Crippen LogP contribution in [0, 0.1) is 6.92 Å². The highest BCUT2D eigenvalue weighted by molar-refractivity contribution is 7.86. The van der Waals surface area contributed by atoms with E-state index in [-0.39, 0.29) is 29.4 Å². The SMILES string of the molecule is CCN1C(=O)c2ccccc2[C@@H](COS(=O)(=O)c2ccc(C)cc2)[C@@H]1c1ccccc1. The first-order valence-corrected chi connectivity index (χ1v) is 11.7. The summed E-state index contributed by atoms with van der Waals surface area (Å²) in [5.74, 6) is -0.374. The Morgan fingerprint density at radius 1 is 0.903 bits per heavy atom. The molecule has 0 fully saturated rings. The number of fused-ring (bicyclic) bond motifs is 1. The molecule has 3 aromatic rings. The molecule has 1 heterocycles. The fourth-order valence-corrected chi connectivity index (χ4v) is 5.13. The monoisotopic (exact) mass is 435 g/mol. The van der Waals surface area contributed by atoms with Crippen molar-refractivity contribution in [1.82, 2.24) is 4.90 Å². The number of nitrogens with zero attached hydrogens (tertiary/aromatic N) is 1. The highest BCUT2D eigenvalue weighted by Gasteiger charge is 2.40. The second-order valence-electron chi connectivity index (χ2n) is 7.69. The molecule has 2 atom stereocenters. The predicted octanol–water partition coefficient (Wildman–Crippen LogP) is 4.70. The second-order valence-corrected chi connectivity index (χ2v) is 9.31. The minimum Gasteiger partial charge on any atom is -0.331 e. The fourth-order valence-electron chi connectivity index (χ4n) is 4.20. The third kappa shape index (κ3) is 4.13. The lowest BCUT2D eigenvalue weighted by atomic mass is 9.80. The summed E-state index contributed by atoms with van der Waals surface area (Å²) in [5, 5.41) is 0. The van der Waals surface area contributed by atoms with Gasteiger partial charge in [-0.2, -0.15) is 8.42 Å². The Hall–Kier alpha value is -2.96. The van der Waals surface area contributed by atoms with E-state index in [1.807, 2.05) is 62.4 Å². The van der Waals surface area contributed by atoms with Gasteiger partial charge in [0.15, 0.2) is 0 Å². The summed E-state index contributed by atoms with van der Waals surface area (Å²) in [4.78, 5) is 15.1. The quantitative estimate of drug-likeness (QED) is 0.527. The molecule has 5 nitrogen and oxygen atoms in total. The van der Waals surface area contributed by atoms with Gasteiger partial charge >= 0.3 is 0 Å². The van der Waals surface area contributed by atoms with Crippen molar-refractivity contribution < 1.29 is 17.4 Å². The van der Waals surface area contributed by atoms with Crippen LogP contribution in [0.5, 0.6) is 0 Å². The molecule has 1 aliphatic heterocycles. The third-order valence-electron chi connectivity index (χ3n) is 5.76. The summed E-state index contributed by atoms with van der Waals surface area (Å²) >= 11 is 0. The Balaban J connectivity index is 1.74. The number of carbonyl (C=O) groups excluding carboxylic acids is 1. The molecule has 0 saturated carbocycles. The zero-order valence-electron chi connectivity index (χ0n) is 17.6. The summed E-state index contributed by atoms with van der Waals surface area (Å²) in [6, 6.07) is 23.4. The van der Waals surface area contributed by atoms with Crippen molar-refractivity contribution in [2.75, 3.05) is 13.2 Å². The van der Waals surface area contributed by atoms with Crippen LogP contribution in [0.2, 0.25) is 0 Å². The van der Waals surface area contributed by atoms with E-state index in [1.165, 1.54) is 0 Å². The van der Waals surface area contributed by atoms with Gasteiger partial charge in [0.05, 0.1) is 17.5 Å². The van der Waals surface area contributed by atoms with E-state index in [1.54, 1.807) is 35.2 Å². The van der Waals surface area contributed by atoms with Crippen molar-refractivity contribution in [2.45, 2.75) is 30.7 Å². The molecule has 6 heteroatoms. The van der Waals surface area contributed by atoms with Gasteiger partial charge in [0.25, 0.3) is 16.0 Å². The predicted molar refractivity (Wildman–Crippen MR) is 119 cm³/mol. The zero-order valence-corrected chi connectivity index (χ0v) is 18.4. The third-order valence-corrected chi connectivity index (χ3v) is 7.06. The van der Waals surface area contributed by atoms with Gasteiger partial charge in [-0.25, -0.2) is 0 Å². The number of likely N-dealkylation sites (N-methyl/N-ethyl adjacent to an activating group) is 1. The number of carbonyl (C=O) groups is 1. The maximum absolute atomic E-state index is 13.2. The molecule has 3 aromatic carbocycles. The Bertz CT molecular complexity index is 1170. The summed E-state index contributed by atoms with van der Waals surface area (Å²) in [5.41, 5.74) is 3.33. The number of rotatable bonds is 6. The standard InChI is InChI=1S/C25H25NO4S/c1-3-26-24(19-9-5-4-6-10-19)23(21-11-7-8-12-22(21)25(26)27)17-30-31(28,29)20-15-13-18(2)14-16-20/h4-16,23-24H,3,17H2,1-2H3/t23-,24+/m1/s1. The molecule has 0 aliphatic carbocycles. The van der Waals surface area contributed by atoms with Gasteiger partial charge in [-0.15, -0.1) is 0 Å². The van der Waals surface area contributed by atoms with Crippen LogP contribution in [0.3, 0.4) is 0 Å². The molecule has 4 rings (SSSR count). The average molecular weight is 436 g/mol. The minimum atomic E-state index is -3.93. The van der Waals surface area contributed by atoms with Crippen molar-refractivity contribution >= 4 is 16.0 Å². The van der Waals surface area contributed by atoms with Crippen LogP contribution >= 0.6 is 0 Å². The molecule has 0 radical (unpaired) electrons. The van der Waals surface area contributed by atoms with E-state index < -0.39 is 10.1 Å². The summed E-state index contributed by atoms with van der Waals surface area (Å²) in [7, 11) is -3.93. The number of aryl methyl sites for hydroxylation is 1. The van der Waals surface area contributed by atoms with Crippen molar-refractivity contribution in [2.24, 2.45) is 0 Å². The van der Waals surface area contributed by atoms with Crippen LogP contribution in [0.1, 0.15) is 45.9 Å². The highest BCUT2D eigenvalue weighted by Crippen LogP contribution is 2.43. The zero-order chi connectivity index (χ0) is 22.0. The summed E-state index contributed by atoms with van der Waals surface area (Å²) < 4.78 is 31.3. The lowest BCUT2D eigenvalue weighted by Gasteiger charge is -2.42. The largest absolute Gasteiger partial charge is 0.331 e. The van der Waals surface area contributed by atoms with Crippen LogP contribution in [0.15, 0.2) is 83.8 Å².